The zero-order valence-electron chi connectivity index (χ0n) is 18.2. The third-order valence-corrected chi connectivity index (χ3v) is 6.25. The van der Waals surface area contributed by atoms with Gasteiger partial charge in [0.2, 0.25) is 0 Å². The Morgan fingerprint density at radius 3 is 2.54 bits per heavy atom. The molecule has 4 rings (SSSR count). The summed E-state index contributed by atoms with van der Waals surface area (Å²) in [6.45, 7) is 0.499. The van der Waals surface area contributed by atoms with Gasteiger partial charge in [0.05, 0.1) is 23.2 Å². The number of nitrogens with one attached hydrogen (secondary N) is 2. The van der Waals surface area contributed by atoms with Crippen molar-refractivity contribution in [3.8, 4) is 11.1 Å². The Labute approximate surface area is 201 Å². The largest absolute Gasteiger partial charge is 0.416 e. The highest BCUT2D eigenvalue weighted by molar-refractivity contribution is 7.19. The second kappa shape index (κ2) is 9.84. The van der Waals surface area contributed by atoms with E-state index < -0.39 is 29.3 Å². The molecule has 7 nitrogen and oxygen atoms in total. The van der Waals surface area contributed by atoms with E-state index in [1.165, 1.54) is 17.7 Å². The maximum atomic E-state index is 13.9. The van der Waals surface area contributed by atoms with E-state index in [-0.39, 0.29) is 0 Å². The number of alkyl halides is 3. The topological polar surface area (TPSA) is 102 Å². The van der Waals surface area contributed by atoms with Crippen LogP contribution >= 0.6 is 11.3 Å². The highest BCUT2D eigenvalue weighted by atomic mass is 32.1. The van der Waals surface area contributed by atoms with Crippen molar-refractivity contribution >= 4 is 44.8 Å². The quantitative estimate of drug-likeness (QED) is 0.282. The molecule has 4 aromatic rings. The Hall–Kier alpha value is -3.77. The number of nitrogen functional groups attached to an aromatic ring is 1. The molecule has 0 fully saturated rings. The summed E-state index contributed by atoms with van der Waals surface area (Å²) in [7, 11) is 1.61. The van der Waals surface area contributed by atoms with Gasteiger partial charge in [0.1, 0.15) is 22.8 Å². The number of hydrogen-bond donors (Lipinski definition) is 3. The predicted molar refractivity (Wildman–Crippen MR) is 127 cm³/mol. The van der Waals surface area contributed by atoms with E-state index in [1.54, 1.807) is 31.4 Å². The molecule has 0 aliphatic carbocycles. The molecule has 0 bridgehead atoms. The summed E-state index contributed by atoms with van der Waals surface area (Å²) >= 11 is 1.49. The van der Waals surface area contributed by atoms with Gasteiger partial charge in [0.15, 0.2) is 0 Å². The fraction of sp³-hybridized carbons (Fsp3) is 0.174. The van der Waals surface area contributed by atoms with Gasteiger partial charge in [-0.05, 0) is 35.9 Å². The number of rotatable bonds is 6. The van der Waals surface area contributed by atoms with Crippen molar-refractivity contribution in [2.45, 2.75) is 12.6 Å². The van der Waals surface area contributed by atoms with E-state index in [2.05, 4.69) is 20.6 Å². The number of urea groups is 1. The Morgan fingerprint density at radius 2 is 1.86 bits per heavy atom. The van der Waals surface area contributed by atoms with Gasteiger partial charge in [-0.25, -0.2) is 19.2 Å². The molecule has 0 atom stereocenters. The lowest BCUT2D eigenvalue weighted by molar-refractivity contribution is -0.137. The van der Waals surface area contributed by atoms with Crippen molar-refractivity contribution in [2.75, 3.05) is 30.1 Å². The lowest BCUT2D eigenvalue weighted by Crippen LogP contribution is -2.20. The number of aromatic nitrogens is 2. The van der Waals surface area contributed by atoms with Gasteiger partial charge < -0.3 is 21.1 Å². The van der Waals surface area contributed by atoms with Crippen LogP contribution in [0.25, 0.3) is 21.3 Å². The molecule has 0 saturated carbocycles. The first kappa shape index (κ1) is 24.4. The van der Waals surface area contributed by atoms with E-state index >= 15 is 0 Å². The van der Waals surface area contributed by atoms with Gasteiger partial charge >= 0.3 is 12.2 Å². The zero-order chi connectivity index (χ0) is 25.2. The minimum Gasteiger partial charge on any atom is -0.384 e. The van der Waals surface area contributed by atoms with Crippen LogP contribution in [-0.2, 0) is 17.3 Å². The number of thiophene rings is 1. The maximum Gasteiger partial charge on any atom is 0.416 e. The summed E-state index contributed by atoms with van der Waals surface area (Å²) in [5, 5.41) is 5.31. The summed E-state index contributed by atoms with van der Waals surface area (Å²) in [6, 6.07) is 7.62. The second-order valence-corrected chi connectivity index (χ2v) is 8.51. The lowest BCUT2D eigenvalue weighted by Gasteiger charge is -2.12. The molecule has 35 heavy (non-hydrogen) atoms. The standard InChI is InChI=1S/C23H19F4N5O2S/c1-34-9-8-17-18(19-20(28)29-11-30-21(19)35-17)12-2-5-14(6-3-12)31-22(33)32-16-10-13(23(25,26)27)4-7-15(16)24/h2-7,10-11H,8-9H2,1H3,(H2,28,29,30)(H2,31,32,33). The van der Waals surface area contributed by atoms with Crippen molar-refractivity contribution < 1.29 is 27.1 Å². The SMILES string of the molecule is COCCc1sc2ncnc(N)c2c1-c1ccc(NC(=O)Nc2cc(C(F)(F)F)ccc2F)cc1. The molecule has 0 radical (unpaired) electrons. The summed E-state index contributed by atoms with van der Waals surface area (Å²) in [6.07, 6.45) is -2.63. The van der Waals surface area contributed by atoms with Gasteiger partial charge in [-0.2, -0.15) is 13.2 Å². The number of nitrogens with zero attached hydrogens (tertiary/aromatic N) is 2. The summed E-state index contributed by atoms with van der Waals surface area (Å²) in [5.41, 5.74) is 6.47. The van der Waals surface area contributed by atoms with E-state index in [0.717, 1.165) is 26.2 Å². The molecule has 0 unspecified atom stereocenters. The van der Waals surface area contributed by atoms with Crippen LogP contribution in [0.5, 0.6) is 0 Å². The Balaban J connectivity index is 1.56. The average molecular weight is 505 g/mol. The van der Waals surface area contributed by atoms with E-state index in [4.69, 9.17) is 10.5 Å². The number of methoxy groups -OCH3 is 1. The highest BCUT2D eigenvalue weighted by Gasteiger charge is 2.31. The Morgan fingerprint density at radius 1 is 1.11 bits per heavy atom. The normalized spacial score (nSPS) is 11.6. The van der Waals surface area contributed by atoms with Crippen LogP contribution in [0.1, 0.15) is 10.4 Å². The first-order valence-electron chi connectivity index (χ1n) is 10.2. The molecule has 2 aromatic carbocycles. The van der Waals surface area contributed by atoms with Crippen molar-refractivity contribution in [1.82, 2.24) is 9.97 Å². The van der Waals surface area contributed by atoms with E-state index in [9.17, 15) is 22.4 Å². The van der Waals surface area contributed by atoms with Crippen LogP contribution in [0.2, 0.25) is 0 Å². The molecule has 182 valence electrons. The molecule has 2 heterocycles. The molecular weight excluding hydrogens is 486 g/mol. The molecule has 0 aliphatic heterocycles. The first-order chi connectivity index (χ1) is 16.7. The summed E-state index contributed by atoms with van der Waals surface area (Å²) in [4.78, 5) is 22.4. The number of carbonyl (C=O) groups is 1. The Bertz CT molecular complexity index is 1370. The monoisotopic (exact) mass is 505 g/mol. The molecule has 2 amide bonds. The van der Waals surface area contributed by atoms with Crippen LogP contribution in [0, 0.1) is 5.82 Å². The number of halogens is 4. The number of hydrogen-bond acceptors (Lipinski definition) is 6. The number of benzene rings is 2. The minimum atomic E-state index is -4.67. The van der Waals surface area contributed by atoms with Gasteiger partial charge in [-0.15, -0.1) is 11.3 Å². The minimum absolute atomic E-state index is 0.342. The van der Waals surface area contributed by atoms with E-state index in [1.807, 2.05) is 0 Å². The van der Waals surface area contributed by atoms with Crippen molar-refractivity contribution in [3.63, 3.8) is 0 Å². The van der Waals surface area contributed by atoms with Crippen LogP contribution in [-0.4, -0.2) is 29.7 Å². The second-order valence-electron chi connectivity index (χ2n) is 7.43. The van der Waals surface area contributed by atoms with Crippen LogP contribution < -0.4 is 16.4 Å². The molecule has 0 aliphatic rings. The number of ether oxygens (including phenoxy) is 1. The van der Waals surface area contributed by atoms with Gasteiger partial charge in [-0.3, -0.25) is 0 Å². The van der Waals surface area contributed by atoms with E-state index in [0.29, 0.717) is 42.7 Å². The van der Waals surface area contributed by atoms with Gasteiger partial charge in [0.25, 0.3) is 0 Å². The highest BCUT2D eigenvalue weighted by Crippen LogP contribution is 2.40. The lowest BCUT2D eigenvalue weighted by atomic mass is 10.0. The van der Waals surface area contributed by atoms with Gasteiger partial charge in [0, 0.05) is 29.7 Å². The molecule has 2 aromatic heterocycles. The van der Waals surface area contributed by atoms with Crippen LogP contribution in [0.3, 0.4) is 0 Å². The summed E-state index contributed by atoms with van der Waals surface area (Å²) in [5.74, 6) is -0.647. The number of carbonyl (C=O) groups excluding carboxylic acids is 1. The molecular formula is C23H19F4N5O2S. The zero-order valence-corrected chi connectivity index (χ0v) is 19.1. The summed E-state index contributed by atoms with van der Waals surface area (Å²) < 4.78 is 57.8. The molecule has 0 saturated heterocycles. The maximum absolute atomic E-state index is 13.9. The molecule has 12 heteroatoms. The molecule has 4 N–H and O–H groups in total. The average Bonchev–Trinajstić information content (AvgIpc) is 3.18. The van der Waals surface area contributed by atoms with Crippen molar-refractivity contribution in [3.05, 3.63) is 65.0 Å². The number of anilines is 3. The first-order valence-corrected chi connectivity index (χ1v) is 11.0. The third-order valence-electron chi connectivity index (χ3n) is 5.10. The molecule has 0 spiro atoms. The third kappa shape index (κ3) is 5.33. The smallest absolute Gasteiger partial charge is 0.384 e. The predicted octanol–water partition coefficient (Wildman–Crippen LogP) is 5.93. The fourth-order valence-corrected chi connectivity index (χ4v) is 4.63. The number of amides is 2. The fourth-order valence-electron chi connectivity index (χ4n) is 3.48. The van der Waals surface area contributed by atoms with Crippen molar-refractivity contribution in [2.24, 2.45) is 0 Å². The van der Waals surface area contributed by atoms with Crippen LogP contribution in [0.15, 0.2) is 48.8 Å². The van der Waals surface area contributed by atoms with Crippen LogP contribution in [0.4, 0.5) is 39.5 Å². The Kier molecular flexibility index (Phi) is 6.85. The van der Waals surface area contributed by atoms with Crippen molar-refractivity contribution in [1.29, 1.82) is 0 Å². The number of fused-ring (bicyclic) bond motifs is 1. The van der Waals surface area contributed by atoms with Gasteiger partial charge in [-0.1, -0.05) is 12.1 Å². The number of nitrogens with two attached hydrogens (primary N) is 1.